The molecule has 0 fully saturated rings. The minimum absolute atomic E-state index is 0.208. The summed E-state index contributed by atoms with van der Waals surface area (Å²) in [6, 6.07) is 13.6. The summed E-state index contributed by atoms with van der Waals surface area (Å²) < 4.78 is 13.1. The van der Waals surface area contributed by atoms with Crippen molar-refractivity contribution in [2.45, 2.75) is 19.8 Å². The van der Waals surface area contributed by atoms with Crippen LogP contribution in [0, 0.1) is 6.92 Å². The van der Waals surface area contributed by atoms with Crippen molar-refractivity contribution in [3.63, 3.8) is 0 Å². The number of hydrogen-bond acceptors (Lipinski definition) is 6. The second-order valence-electron chi connectivity index (χ2n) is 7.20. The molecule has 158 valence electrons. The Morgan fingerprint density at radius 2 is 1.90 bits per heavy atom. The van der Waals surface area contributed by atoms with Crippen molar-refractivity contribution in [1.29, 1.82) is 0 Å². The fourth-order valence-electron chi connectivity index (χ4n) is 3.07. The Kier molecular flexibility index (Phi) is 6.07. The second-order valence-corrected chi connectivity index (χ2v) is 7.20. The van der Waals surface area contributed by atoms with Crippen LogP contribution < -0.4 is 15.0 Å². The Morgan fingerprint density at radius 3 is 2.61 bits per heavy atom. The lowest BCUT2D eigenvalue weighted by Crippen LogP contribution is -2.16. The van der Waals surface area contributed by atoms with Crippen molar-refractivity contribution < 1.29 is 9.47 Å². The molecule has 0 saturated heterocycles. The number of rotatable bonds is 8. The van der Waals surface area contributed by atoms with Crippen LogP contribution in [0.1, 0.15) is 22.4 Å². The molecular formula is C23H23N5O3. The molecule has 0 aliphatic heterocycles. The van der Waals surface area contributed by atoms with Crippen molar-refractivity contribution in [3.8, 4) is 17.6 Å². The lowest BCUT2D eigenvalue weighted by atomic mass is 10.1. The summed E-state index contributed by atoms with van der Waals surface area (Å²) in [4.78, 5) is 23.5. The number of pyridine rings is 1. The van der Waals surface area contributed by atoms with E-state index in [9.17, 15) is 4.79 Å². The van der Waals surface area contributed by atoms with E-state index in [-0.39, 0.29) is 11.6 Å². The van der Waals surface area contributed by atoms with Crippen LogP contribution in [0.4, 0.5) is 0 Å². The molecule has 0 unspecified atom stereocenters. The van der Waals surface area contributed by atoms with E-state index in [2.05, 4.69) is 20.1 Å². The van der Waals surface area contributed by atoms with Crippen LogP contribution in [0.25, 0.3) is 0 Å². The number of ether oxygens (including phenoxy) is 2. The molecule has 0 aliphatic rings. The number of H-pyrrole nitrogens is 1. The zero-order valence-corrected chi connectivity index (χ0v) is 17.4. The molecule has 0 saturated carbocycles. The maximum atomic E-state index is 12.3. The number of aromatic amines is 1. The SMILES string of the molecule is Cc1cccc(Oc2ccc(CCOc3ncc(Cc4cnn(C)c4)c(=O)[nH]3)cc2)n1. The molecule has 0 amide bonds. The van der Waals surface area contributed by atoms with Crippen molar-refractivity contribution in [1.82, 2.24) is 24.7 Å². The van der Waals surface area contributed by atoms with E-state index >= 15 is 0 Å². The molecule has 8 nitrogen and oxygen atoms in total. The number of nitrogens with zero attached hydrogens (tertiary/aromatic N) is 4. The minimum Gasteiger partial charge on any atom is -0.464 e. The van der Waals surface area contributed by atoms with Crippen molar-refractivity contribution in [2.75, 3.05) is 6.61 Å². The zero-order valence-electron chi connectivity index (χ0n) is 17.4. The molecule has 1 aromatic carbocycles. The normalized spacial score (nSPS) is 10.8. The van der Waals surface area contributed by atoms with Gasteiger partial charge in [0.25, 0.3) is 11.6 Å². The molecule has 3 heterocycles. The lowest BCUT2D eigenvalue weighted by Gasteiger charge is -2.08. The highest BCUT2D eigenvalue weighted by Gasteiger charge is 2.07. The molecule has 0 spiro atoms. The fourth-order valence-corrected chi connectivity index (χ4v) is 3.07. The second kappa shape index (κ2) is 9.25. The summed E-state index contributed by atoms with van der Waals surface area (Å²) in [7, 11) is 1.84. The van der Waals surface area contributed by atoms with Gasteiger partial charge in [-0.3, -0.25) is 14.5 Å². The molecular weight excluding hydrogens is 394 g/mol. The van der Waals surface area contributed by atoms with Gasteiger partial charge in [-0.1, -0.05) is 18.2 Å². The van der Waals surface area contributed by atoms with Crippen LogP contribution in [0.15, 0.2) is 65.8 Å². The highest BCUT2D eigenvalue weighted by atomic mass is 16.5. The maximum Gasteiger partial charge on any atom is 0.296 e. The van der Waals surface area contributed by atoms with Gasteiger partial charge < -0.3 is 9.47 Å². The largest absolute Gasteiger partial charge is 0.464 e. The summed E-state index contributed by atoms with van der Waals surface area (Å²) in [6.45, 7) is 2.32. The van der Waals surface area contributed by atoms with Gasteiger partial charge >= 0.3 is 0 Å². The monoisotopic (exact) mass is 417 g/mol. The van der Waals surface area contributed by atoms with E-state index in [0.717, 1.165) is 22.6 Å². The topological polar surface area (TPSA) is 94.9 Å². The quantitative estimate of drug-likeness (QED) is 0.473. The third-order valence-electron chi connectivity index (χ3n) is 4.64. The van der Waals surface area contributed by atoms with Crippen molar-refractivity contribution in [3.05, 3.63) is 93.8 Å². The molecule has 4 aromatic rings. The van der Waals surface area contributed by atoms with Gasteiger partial charge in [0.2, 0.25) is 5.88 Å². The molecule has 0 atom stereocenters. The Bertz CT molecular complexity index is 1210. The maximum absolute atomic E-state index is 12.3. The average Bonchev–Trinajstić information content (AvgIpc) is 3.16. The predicted octanol–water partition coefficient (Wildman–Crippen LogP) is 3.21. The summed E-state index contributed by atoms with van der Waals surface area (Å²) in [6.07, 6.45) is 6.30. The first-order chi connectivity index (χ1) is 15.0. The fraction of sp³-hybridized carbons (Fsp3) is 0.217. The van der Waals surface area contributed by atoms with Crippen LogP contribution in [0.5, 0.6) is 17.6 Å². The molecule has 8 heteroatoms. The number of nitrogens with one attached hydrogen (secondary N) is 1. The van der Waals surface area contributed by atoms with Gasteiger partial charge in [0.1, 0.15) is 5.75 Å². The van der Waals surface area contributed by atoms with Gasteiger partial charge in [-0.2, -0.15) is 5.10 Å². The van der Waals surface area contributed by atoms with E-state index in [0.29, 0.717) is 30.9 Å². The molecule has 0 aliphatic carbocycles. The van der Waals surface area contributed by atoms with E-state index in [4.69, 9.17) is 9.47 Å². The summed E-state index contributed by atoms with van der Waals surface area (Å²) in [5.41, 5.74) is 3.30. The first-order valence-electron chi connectivity index (χ1n) is 9.94. The Labute approximate surface area is 179 Å². The van der Waals surface area contributed by atoms with Gasteiger partial charge in [-0.15, -0.1) is 0 Å². The summed E-state index contributed by atoms with van der Waals surface area (Å²) in [5, 5.41) is 4.11. The highest BCUT2D eigenvalue weighted by molar-refractivity contribution is 5.31. The molecule has 0 bridgehead atoms. The summed E-state index contributed by atoms with van der Waals surface area (Å²) in [5.74, 6) is 1.29. The van der Waals surface area contributed by atoms with Crippen molar-refractivity contribution in [2.24, 2.45) is 7.05 Å². The first-order valence-corrected chi connectivity index (χ1v) is 9.94. The molecule has 4 rings (SSSR count). The van der Waals surface area contributed by atoms with E-state index < -0.39 is 0 Å². The van der Waals surface area contributed by atoms with Crippen LogP contribution in [-0.2, 0) is 19.9 Å². The average molecular weight is 417 g/mol. The van der Waals surface area contributed by atoms with Gasteiger partial charge in [-0.05, 0) is 36.2 Å². The van der Waals surface area contributed by atoms with Gasteiger partial charge in [-0.25, -0.2) is 9.97 Å². The van der Waals surface area contributed by atoms with Gasteiger partial charge in [0, 0.05) is 49.6 Å². The molecule has 0 radical (unpaired) electrons. The van der Waals surface area contributed by atoms with Crippen LogP contribution in [0.2, 0.25) is 0 Å². The van der Waals surface area contributed by atoms with Gasteiger partial charge in [0.05, 0.1) is 12.8 Å². The minimum atomic E-state index is -0.208. The van der Waals surface area contributed by atoms with E-state index in [1.54, 1.807) is 17.1 Å². The van der Waals surface area contributed by atoms with Crippen molar-refractivity contribution >= 4 is 0 Å². The third-order valence-corrected chi connectivity index (χ3v) is 4.64. The summed E-state index contributed by atoms with van der Waals surface area (Å²) >= 11 is 0. The van der Waals surface area contributed by atoms with Crippen LogP contribution >= 0.6 is 0 Å². The molecule has 3 aromatic heterocycles. The predicted molar refractivity (Wildman–Crippen MR) is 116 cm³/mol. The van der Waals surface area contributed by atoms with Crippen LogP contribution in [0.3, 0.4) is 0 Å². The highest BCUT2D eigenvalue weighted by Crippen LogP contribution is 2.20. The Balaban J connectivity index is 1.29. The van der Waals surface area contributed by atoms with E-state index in [1.165, 1.54) is 0 Å². The van der Waals surface area contributed by atoms with Gasteiger partial charge in [0.15, 0.2) is 0 Å². The number of benzene rings is 1. The number of hydrogen-bond donors (Lipinski definition) is 1. The Morgan fingerprint density at radius 1 is 1.06 bits per heavy atom. The smallest absolute Gasteiger partial charge is 0.296 e. The first kappa shape index (κ1) is 20.3. The zero-order chi connectivity index (χ0) is 21.6. The third kappa shape index (κ3) is 5.57. The lowest BCUT2D eigenvalue weighted by molar-refractivity contribution is 0.295. The number of aromatic nitrogens is 5. The van der Waals surface area contributed by atoms with Crippen LogP contribution in [-0.4, -0.2) is 31.3 Å². The molecule has 1 N–H and O–H groups in total. The standard InChI is InChI=1S/C23H23N5O3/c1-16-4-3-5-21(26-16)31-20-8-6-17(7-9-20)10-11-30-23-24-14-19(22(29)27-23)12-18-13-25-28(2)15-18/h3-9,13-15H,10-12H2,1-2H3,(H,24,27,29). The molecule has 31 heavy (non-hydrogen) atoms. The van der Waals surface area contributed by atoms with E-state index in [1.807, 2.05) is 62.6 Å². The Hall–Kier alpha value is -3.94. The number of aryl methyl sites for hydroxylation is 2.